The molecule has 0 radical (unpaired) electrons. The van der Waals surface area contributed by atoms with Crippen molar-refractivity contribution in [2.45, 2.75) is 130 Å². The van der Waals surface area contributed by atoms with Crippen molar-refractivity contribution in [3.8, 4) is 0 Å². The first-order valence-corrected chi connectivity index (χ1v) is 22.6. The molecule has 13 N–H and O–H groups in total. The minimum absolute atomic E-state index is 0.157. The zero-order chi connectivity index (χ0) is 44.3. The lowest BCUT2D eigenvalue weighted by atomic mass is 9.95. The van der Waals surface area contributed by atoms with Gasteiger partial charge < -0.3 is 80.9 Å². The van der Waals surface area contributed by atoms with Gasteiger partial charge in [-0.25, -0.2) is 8.98 Å². The molecule has 1 unspecified atom stereocenters. The van der Waals surface area contributed by atoms with Crippen molar-refractivity contribution in [3.05, 3.63) is 24.3 Å². The van der Waals surface area contributed by atoms with E-state index < -0.39 is 121 Å². The van der Waals surface area contributed by atoms with Crippen LogP contribution in [0.5, 0.6) is 0 Å². The summed E-state index contributed by atoms with van der Waals surface area (Å²) in [6.45, 7) is -1.23. The average Bonchev–Trinajstić information content (AvgIpc) is 3.71. The Balaban J connectivity index is 1.36. The van der Waals surface area contributed by atoms with Crippen molar-refractivity contribution in [1.82, 2.24) is 5.32 Å². The van der Waals surface area contributed by atoms with Gasteiger partial charge in [-0.15, -0.1) is 0 Å². The maximum absolute atomic E-state index is 12.5. The number of carboxylic acids is 1. The Labute approximate surface area is 352 Å². The quantitative estimate of drug-likeness (QED) is 0.0311. The number of carbonyl (C=O) groups excluding carboxylic acids is 2. The number of amides is 2. The Bertz CT molecular complexity index is 1660. The molecule has 60 heavy (non-hydrogen) atoms. The lowest BCUT2D eigenvalue weighted by molar-refractivity contribution is -0.338. The molecule has 3 aliphatic rings. The zero-order valence-electron chi connectivity index (χ0n) is 32.1. The number of carbonyl (C=O) groups is 3. The number of ether oxygens (including phenoxy) is 4. The van der Waals surface area contributed by atoms with E-state index in [9.17, 15) is 73.3 Å². The molecule has 1 aromatic carbocycles. The first-order chi connectivity index (χ1) is 28.3. The second kappa shape index (κ2) is 23.3. The Hall–Kier alpha value is -2.48. The summed E-state index contributed by atoms with van der Waals surface area (Å²) in [6, 6.07) is 4.86. The molecule has 3 heterocycles. The SMILES string of the molecule is CC(=O)N[C@H]1[C@@H](OC[C@@H](O)[C@@H](O)[C@H](O)[C@@H](O)CNc2cccc(NC(=O)CCCCC3CCSS3)c2)O[C@H](CO)[C@H](O)[C@@H]1O[C@@H]1O[C@H](C(=O)O)[C@@H](O)[C@H](O)[C@H]1OS(=O)(=O)O. The summed E-state index contributed by atoms with van der Waals surface area (Å²) in [6.07, 6.45) is -22.5. The van der Waals surface area contributed by atoms with E-state index in [2.05, 4.69) is 20.1 Å². The highest BCUT2D eigenvalue weighted by molar-refractivity contribution is 8.77. The summed E-state index contributed by atoms with van der Waals surface area (Å²) in [4.78, 5) is 36.5. The van der Waals surface area contributed by atoms with Crippen molar-refractivity contribution in [1.29, 1.82) is 0 Å². The van der Waals surface area contributed by atoms with Gasteiger partial charge in [0.1, 0.15) is 54.9 Å². The molecule has 0 saturated carbocycles. The summed E-state index contributed by atoms with van der Waals surface area (Å²) < 4.78 is 58.6. The minimum Gasteiger partial charge on any atom is -0.479 e. The van der Waals surface area contributed by atoms with Crippen LogP contribution in [-0.4, -0.2) is 193 Å². The van der Waals surface area contributed by atoms with E-state index in [0.29, 0.717) is 23.0 Å². The van der Waals surface area contributed by atoms with Crippen LogP contribution >= 0.6 is 21.6 Å². The number of benzene rings is 1. The summed E-state index contributed by atoms with van der Waals surface area (Å²) in [5.41, 5.74) is 0.933. The number of aliphatic hydroxyl groups is 8. The Morgan fingerprint density at radius 2 is 1.65 bits per heavy atom. The van der Waals surface area contributed by atoms with Crippen molar-refractivity contribution in [2.75, 3.05) is 36.1 Å². The third-order valence-electron chi connectivity index (χ3n) is 9.68. The van der Waals surface area contributed by atoms with E-state index in [1.54, 1.807) is 24.3 Å². The molecular weight excluding hydrogens is 867 g/mol. The minimum atomic E-state index is -5.44. The van der Waals surface area contributed by atoms with Gasteiger partial charge in [-0.1, -0.05) is 34.1 Å². The van der Waals surface area contributed by atoms with Gasteiger partial charge in [-0.2, -0.15) is 8.42 Å². The number of unbranched alkanes of at least 4 members (excludes halogenated alkanes) is 1. The number of aliphatic hydroxyl groups excluding tert-OH is 8. The fraction of sp³-hybridized carbons (Fsp3) is 0.735. The van der Waals surface area contributed by atoms with E-state index in [1.807, 2.05) is 21.6 Å². The van der Waals surface area contributed by atoms with Gasteiger partial charge in [0.15, 0.2) is 24.8 Å². The maximum Gasteiger partial charge on any atom is 0.397 e. The number of carboxylic acid groups (broad SMARTS) is 1. The molecule has 1 aromatic rings. The third-order valence-corrected chi connectivity index (χ3v) is 13.1. The first-order valence-electron chi connectivity index (χ1n) is 18.8. The molecule has 3 aliphatic heterocycles. The number of rotatable bonds is 22. The molecule has 26 heteroatoms. The van der Waals surface area contributed by atoms with Crippen LogP contribution < -0.4 is 16.0 Å². The van der Waals surface area contributed by atoms with E-state index in [0.717, 1.165) is 31.9 Å². The van der Waals surface area contributed by atoms with E-state index in [4.69, 9.17) is 18.9 Å². The van der Waals surface area contributed by atoms with Crippen LogP contribution in [0, 0.1) is 0 Å². The van der Waals surface area contributed by atoms with Crippen LogP contribution in [0.2, 0.25) is 0 Å². The van der Waals surface area contributed by atoms with E-state index in [-0.39, 0.29) is 12.5 Å². The molecule has 0 spiro atoms. The molecule has 0 bridgehead atoms. The Kier molecular flexibility index (Phi) is 19.5. The standard InChI is InChI=1S/C34H53N3O20S3/c1-15(39)36-23-29(55-34-31(57-60(50,51)52)28(47)27(46)30(56-34)32(48)49)26(45)21(13-38)54-33(23)53-14-20(41)25(44)24(43)19(40)12-35-16-5-4-6-17(11-16)37-22(42)8-3-2-7-18-9-10-58-59-18/h4-6,11,18-21,23-31,33-35,38,40-41,43-47H,2-3,7-10,12-14H2,1H3,(H,36,39)(H,37,42)(H,48,49)(H,50,51,52)/t18?,19-,20+,21+,23+,24+,25+,26-,27-,28-,29+,30-,31+,33-,34+/m0/s1. The van der Waals surface area contributed by atoms with Crippen molar-refractivity contribution in [2.24, 2.45) is 0 Å². The smallest absolute Gasteiger partial charge is 0.397 e. The molecule has 23 nitrogen and oxygen atoms in total. The van der Waals surface area contributed by atoms with Gasteiger partial charge in [-0.05, 0) is 37.5 Å². The van der Waals surface area contributed by atoms with E-state index >= 15 is 0 Å². The molecule has 342 valence electrons. The molecule has 3 saturated heterocycles. The largest absolute Gasteiger partial charge is 0.479 e. The molecular formula is C34H53N3O20S3. The number of hydrogen-bond donors (Lipinski definition) is 13. The van der Waals surface area contributed by atoms with Crippen LogP contribution in [-0.2, 0) is 47.9 Å². The fourth-order valence-electron chi connectivity index (χ4n) is 6.55. The maximum atomic E-state index is 12.5. The van der Waals surface area contributed by atoms with Gasteiger partial charge >= 0.3 is 16.4 Å². The van der Waals surface area contributed by atoms with Gasteiger partial charge in [0.2, 0.25) is 11.8 Å². The predicted octanol–water partition coefficient (Wildman–Crippen LogP) is -3.10. The van der Waals surface area contributed by atoms with Crippen LogP contribution in [0.1, 0.15) is 39.0 Å². The first kappa shape index (κ1) is 50.2. The lowest BCUT2D eigenvalue weighted by Gasteiger charge is -2.47. The van der Waals surface area contributed by atoms with Crippen molar-refractivity contribution < 1.29 is 96.4 Å². The summed E-state index contributed by atoms with van der Waals surface area (Å²) >= 11 is 0. The highest BCUT2D eigenvalue weighted by Crippen LogP contribution is 2.40. The highest BCUT2D eigenvalue weighted by atomic mass is 33.1. The summed E-state index contributed by atoms with van der Waals surface area (Å²) in [5, 5.41) is 103. The van der Waals surface area contributed by atoms with Crippen LogP contribution in [0.15, 0.2) is 24.3 Å². The van der Waals surface area contributed by atoms with Crippen LogP contribution in [0.3, 0.4) is 0 Å². The molecule has 3 fully saturated rings. The number of hydrogen-bond acceptors (Lipinski definition) is 21. The normalized spacial score (nSPS) is 31.7. The highest BCUT2D eigenvalue weighted by Gasteiger charge is 2.55. The average molecular weight is 920 g/mol. The number of anilines is 2. The van der Waals surface area contributed by atoms with Gasteiger partial charge in [-0.3, -0.25) is 14.1 Å². The summed E-state index contributed by atoms with van der Waals surface area (Å²) in [5.74, 6) is -1.70. The molecule has 15 atom stereocenters. The fourth-order valence-corrected chi connectivity index (χ4v) is 10.1. The Morgan fingerprint density at radius 1 is 0.950 bits per heavy atom. The predicted molar refractivity (Wildman–Crippen MR) is 209 cm³/mol. The van der Waals surface area contributed by atoms with Crippen LogP contribution in [0.4, 0.5) is 11.4 Å². The zero-order valence-corrected chi connectivity index (χ0v) is 34.6. The molecule has 0 aromatic heterocycles. The monoisotopic (exact) mass is 919 g/mol. The Morgan fingerprint density at radius 3 is 2.28 bits per heavy atom. The van der Waals surface area contributed by atoms with Crippen LogP contribution in [0.25, 0.3) is 0 Å². The topological polar surface area (TPSA) is 370 Å². The van der Waals surface area contributed by atoms with Gasteiger partial charge in [0.25, 0.3) is 0 Å². The van der Waals surface area contributed by atoms with Gasteiger partial charge in [0.05, 0.1) is 19.3 Å². The molecule has 2 amide bonds. The molecule has 0 aliphatic carbocycles. The lowest BCUT2D eigenvalue weighted by Crippen LogP contribution is -2.68. The summed E-state index contributed by atoms with van der Waals surface area (Å²) in [7, 11) is -1.67. The van der Waals surface area contributed by atoms with E-state index in [1.165, 1.54) is 6.42 Å². The second-order valence-corrected chi connectivity index (χ2v) is 18.1. The molecule has 4 rings (SSSR count). The number of nitrogens with one attached hydrogen (secondary N) is 3. The van der Waals surface area contributed by atoms with Crippen molar-refractivity contribution >= 4 is 61.1 Å². The third kappa shape index (κ3) is 14.5. The van der Waals surface area contributed by atoms with Gasteiger partial charge in [0, 0.05) is 42.3 Å². The second-order valence-electron chi connectivity index (χ2n) is 14.3. The number of aliphatic carboxylic acids is 1. The van der Waals surface area contributed by atoms with Crippen molar-refractivity contribution in [3.63, 3.8) is 0 Å².